The second kappa shape index (κ2) is 6.07. The van der Waals surface area contributed by atoms with Crippen LogP contribution in [0, 0.1) is 12.7 Å². The van der Waals surface area contributed by atoms with Gasteiger partial charge in [0, 0.05) is 10.7 Å². The van der Waals surface area contributed by atoms with Crippen LogP contribution in [0.2, 0.25) is 5.02 Å². The van der Waals surface area contributed by atoms with Gasteiger partial charge in [0.1, 0.15) is 5.82 Å². The minimum Gasteiger partial charge on any atom is -0.378 e. The lowest BCUT2D eigenvalue weighted by molar-refractivity contribution is 0.626. The summed E-state index contributed by atoms with van der Waals surface area (Å²) in [5.74, 6) is -0.209. The van der Waals surface area contributed by atoms with Gasteiger partial charge in [0.15, 0.2) is 0 Å². The Balaban J connectivity index is 2.24. The molecule has 1 atom stereocenters. The molecule has 0 radical (unpaired) electrons. The first-order chi connectivity index (χ1) is 9.10. The molecule has 0 aliphatic heterocycles. The van der Waals surface area contributed by atoms with E-state index < -0.39 is 0 Å². The number of aryl methyl sites for hydroxylation is 1. The third kappa shape index (κ3) is 3.48. The van der Waals surface area contributed by atoms with E-state index in [2.05, 4.69) is 12.2 Å². The SMILES string of the molecule is CCC(Nc1ccc(F)cc1C)c1cccc(Cl)c1. The van der Waals surface area contributed by atoms with Crippen molar-refractivity contribution >= 4 is 17.3 Å². The number of hydrogen-bond acceptors (Lipinski definition) is 1. The van der Waals surface area contributed by atoms with Crippen molar-refractivity contribution in [1.82, 2.24) is 0 Å². The average molecular weight is 278 g/mol. The molecular formula is C16H17ClFN. The van der Waals surface area contributed by atoms with E-state index in [-0.39, 0.29) is 11.9 Å². The van der Waals surface area contributed by atoms with Crippen molar-refractivity contribution in [2.75, 3.05) is 5.32 Å². The molecule has 0 heterocycles. The molecule has 0 aliphatic rings. The minimum atomic E-state index is -0.209. The quantitative estimate of drug-likeness (QED) is 0.794. The molecule has 0 saturated heterocycles. The van der Waals surface area contributed by atoms with Gasteiger partial charge in [-0.3, -0.25) is 0 Å². The van der Waals surface area contributed by atoms with Crippen molar-refractivity contribution in [2.24, 2.45) is 0 Å². The topological polar surface area (TPSA) is 12.0 Å². The number of benzene rings is 2. The smallest absolute Gasteiger partial charge is 0.123 e. The Hall–Kier alpha value is -1.54. The molecule has 0 aromatic heterocycles. The normalized spacial score (nSPS) is 12.2. The van der Waals surface area contributed by atoms with Crippen LogP contribution in [0.15, 0.2) is 42.5 Å². The zero-order valence-electron chi connectivity index (χ0n) is 11.1. The summed E-state index contributed by atoms with van der Waals surface area (Å²) in [5, 5.41) is 4.17. The van der Waals surface area contributed by atoms with Gasteiger partial charge in [0.05, 0.1) is 6.04 Å². The lowest BCUT2D eigenvalue weighted by atomic mass is 10.0. The predicted molar refractivity (Wildman–Crippen MR) is 79.2 cm³/mol. The van der Waals surface area contributed by atoms with Gasteiger partial charge in [-0.05, 0) is 54.8 Å². The molecule has 2 aromatic rings. The van der Waals surface area contributed by atoms with Crippen molar-refractivity contribution < 1.29 is 4.39 Å². The molecule has 2 aromatic carbocycles. The second-order valence-corrected chi connectivity index (χ2v) is 5.06. The lowest BCUT2D eigenvalue weighted by Crippen LogP contribution is -2.10. The zero-order chi connectivity index (χ0) is 13.8. The molecule has 0 spiro atoms. The fourth-order valence-corrected chi connectivity index (χ4v) is 2.32. The molecule has 1 N–H and O–H groups in total. The van der Waals surface area contributed by atoms with Gasteiger partial charge in [-0.15, -0.1) is 0 Å². The number of nitrogens with one attached hydrogen (secondary N) is 1. The molecule has 3 heteroatoms. The highest BCUT2D eigenvalue weighted by Crippen LogP contribution is 2.26. The van der Waals surface area contributed by atoms with Crippen molar-refractivity contribution in [3.05, 3.63) is 64.4 Å². The number of anilines is 1. The van der Waals surface area contributed by atoms with E-state index >= 15 is 0 Å². The molecule has 1 nitrogen and oxygen atoms in total. The summed E-state index contributed by atoms with van der Waals surface area (Å²) < 4.78 is 13.1. The summed E-state index contributed by atoms with van der Waals surface area (Å²) in [6.45, 7) is 4.01. The maximum atomic E-state index is 13.1. The summed E-state index contributed by atoms with van der Waals surface area (Å²) in [6, 6.07) is 12.8. The standard InChI is InChI=1S/C16H17ClFN/c1-3-15(12-5-4-6-13(17)10-12)19-16-8-7-14(18)9-11(16)2/h4-10,15,19H,3H2,1-2H3. The monoisotopic (exact) mass is 277 g/mol. The van der Waals surface area contributed by atoms with Crippen molar-refractivity contribution in [1.29, 1.82) is 0 Å². The van der Waals surface area contributed by atoms with Gasteiger partial charge < -0.3 is 5.32 Å². The van der Waals surface area contributed by atoms with Crippen LogP contribution in [0.25, 0.3) is 0 Å². The third-order valence-electron chi connectivity index (χ3n) is 3.18. The Morgan fingerprint density at radius 2 is 2.00 bits per heavy atom. The van der Waals surface area contributed by atoms with Crippen LogP contribution < -0.4 is 5.32 Å². The van der Waals surface area contributed by atoms with Crippen molar-refractivity contribution in [3.63, 3.8) is 0 Å². The first-order valence-corrected chi connectivity index (χ1v) is 6.76. The Morgan fingerprint density at radius 3 is 2.63 bits per heavy atom. The van der Waals surface area contributed by atoms with Crippen LogP contribution in [0.5, 0.6) is 0 Å². The third-order valence-corrected chi connectivity index (χ3v) is 3.41. The Labute approximate surface area is 118 Å². The minimum absolute atomic E-state index is 0.169. The van der Waals surface area contributed by atoms with Crippen LogP contribution in [-0.4, -0.2) is 0 Å². The molecule has 2 rings (SSSR count). The predicted octanol–water partition coefficient (Wildman–Crippen LogP) is 5.35. The van der Waals surface area contributed by atoms with E-state index in [1.165, 1.54) is 12.1 Å². The molecule has 0 amide bonds. The first-order valence-electron chi connectivity index (χ1n) is 6.38. The number of hydrogen-bond donors (Lipinski definition) is 1. The fraction of sp³-hybridized carbons (Fsp3) is 0.250. The van der Waals surface area contributed by atoms with E-state index in [1.807, 2.05) is 31.2 Å². The highest BCUT2D eigenvalue weighted by atomic mass is 35.5. The summed E-state index contributed by atoms with van der Waals surface area (Å²) in [6.07, 6.45) is 0.928. The maximum Gasteiger partial charge on any atom is 0.123 e. The number of rotatable bonds is 4. The van der Waals surface area contributed by atoms with Crippen molar-refractivity contribution in [2.45, 2.75) is 26.3 Å². The molecule has 19 heavy (non-hydrogen) atoms. The van der Waals surface area contributed by atoms with Crippen LogP contribution >= 0.6 is 11.6 Å². The Kier molecular flexibility index (Phi) is 4.43. The maximum absolute atomic E-state index is 13.1. The molecule has 0 saturated carbocycles. The highest BCUT2D eigenvalue weighted by Gasteiger charge is 2.11. The van der Waals surface area contributed by atoms with E-state index in [0.717, 1.165) is 28.3 Å². The summed E-state index contributed by atoms with van der Waals surface area (Å²) in [5.41, 5.74) is 2.99. The van der Waals surface area contributed by atoms with E-state index in [9.17, 15) is 4.39 Å². The molecule has 100 valence electrons. The Bertz CT molecular complexity index is 568. The van der Waals surface area contributed by atoms with Crippen LogP contribution in [0.4, 0.5) is 10.1 Å². The van der Waals surface area contributed by atoms with Gasteiger partial charge >= 0.3 is 0 Å². The Morgan fingerprint density at radius 1 is 1.21 bits per heavy atom. The van der Waals surface area contributed by atoms with Crippen LogP contribution in [0.1, 0.15) is 30.5 Å². The van der Waals surface area contributed by atoms with E-state index in [1.54, 1.807) is 6.07 Å². The van der Waals surface area contributed by atoms with Gasteiger partial charge in [-0.2, -0.15) is 0 Å². The fourth-order valence-electron chi connectivity index (χ4n) is 2.12. The summed E-state index contributed by atoms with van der Waals surface area (Å²) in [7, 11) is 0. The van der Waals surface area contributed by atoms with Crippen LogP contribution in [-0.2, 0) is 0 Å². The molecule has 0 aliphatic carbocycles. The molecular weight excluding hydrogens is 261 g/mol. The lowest BCUT2D eigenvalue weighted by Gasteiger charge is -2.20. The highest BCUT2D eigenvalue weighted by molar-refractivity contribution is 6.30. The zero-order valence-corrected chi connectivity index (χ0v) is 11.8. The molecule has 0 bridgehead atoms. The first kappa shape index (κ1) is 13.9. The molecule has 0 fully saturated rings. The summed E-state index contributed by atoms with van der Waals surface area (Å²) in [4.78, 5) is 0. The van der Waals surface area contributed by atoms with Crippen molar-refractivity contribution in [3.8, 4) is 0 Å². The van der Waals surface area contributed by atoms with E-state index in [4.69, 9.17) is 11.6 Å². The van der Waals surface area contributed by atoms with Gasteiger partial charge in [0.25, 0.3) is 0 Å². The average Bonchev–Trinajstić information content (AvgIpc) is 2.38. The number of halogens is 2. The van der Waals surface area contributed by atoms with Gasteiger partial charge in [-0.1, -0.05) is 30.7 Å². The van der Waals surface area contributed by atoms with E-state index in [0.29, 0.717) is 0 Å². The van der Waals surface area contributed by atoms with Gasteiger partial charge in [-0.25, -0.2) is 4.39 Å². The summed E-state index contributed by atoms with van der Waals surface area (Å²) >= 11 is 6.02. The van der Waals surface area contributed by atoms with Crippen LogP contribution in [0.3, 0.4) is 0 Å². The molecule has 1 unspecified atom stereocenters. The second-order valence-electron chi connectivity index (χ2n) is 4.62. The van der Waals surface area contributed by atoms with Gasteiger partial charge in [0.2, 0.25) is 0 Å². The largest absolute Gasteiger partial charge is 0.378 e.